The van der Waals surface area contributed by atoms with Crippen LogP contribution in [0.3, 0.4) is 0 Å². The van der Waals surface area contributed by atoms with Crippen molar-refractivity contribution in [2.24, 2.45) is 0 Å². The van der Waals surface area contributed by atoms with Gasteiger partial charge in [-0.2, -0.15) is 0 Å². The molecule has 26 heavy (non-hydrogen) atoms. The van der Waals surface area contributed by atoms with Crippen LogP contribution in [0.5, 0.6) is 0 Å². The monoisotopic (exact) mass is 372 g/mol. The van der Waals surface area contributed by atoms with Gasteiger partial charge in [-0.05, 0) is 38.1 Å². The molecule has 0 spiro atoms. The van der Waals surface area contributed by atoms with Crippen LogP contribution in [-0.4, -0.2) is 20.6 Å². The molecule has 0 aliphatic heterocycles. The Kier molecular flexibility index (Phi) is 4.73. The van der Waals surface area contributed by atoms with E-state index in [9.17, 15) is 13.2 Å². The lowest BCUT2D eigenvalue weighted by Gasteiger charge is -2.13. The summed E-state index contributed by atoms with van der Waals surface area (Å²) in [5.41, 5.74) is 2.47. The second-order valence-electron chi connectivity index (χ2n) is 6.24. The molecule has 0 fully saturated rings. The molecule has 2 N–H and O–H groups in total. The fraction of sp³-hybridized carbons (Fsp3) is 0.211. The van der Waals surface area contributed by atoms with Gasteiger partial charge in [-0.15, -0.1) is 0 Å². The molecule has 1 heterocycles. The Morgan fingerprint density at radius 3 is 2.54 bits per heavy atom. The van der Waals surface area contributed by atoms with Gasteiger partial charge in [0.25, 0.3) is 5.91 Å². The lowest BCUT2D eigenvalue weighted by Crippen LogP contribution is -2.26. The molecule has 0 saturated carbocycles. The topological polar surface area (TPSA) is 88.4 Å². The average molecular weight is 372 g/mol. The second kappa shape index (κ2) is 6.84. The molecule has 0 bridgehead atoms. The number of fused-ring (bicyclic) bond motifs is 1. The van der Waals surface area contributed by atoms with Gasteiger partial charge in [0.2, 0.25) is 10.0 Å². The number of furan rings is 1. The number of carbonyl (C=O) groups is 1. The highest BCUT2D eigenvalue weighted by molar-refractivity contribution is 7.92. The van der Waals surface area contributed by atoms with Crippen molar-refractivity contribution in [3.63, 3.8) is 0 Å². The van der Waals surface area contributed by atoms with Crippen molar-refractivity contribution in [2.45, 2.75) is 19.9 Å². The van der Waals surface area contributed by atoms with Crippen LogP contribution >= 0.6 is 0 Å². The van der Waals surface area contributed by atoms with E-state index < -0.39 is 10.0 Å². The Balaban J connectivity index is 1.81. The standard InChI is InChI=1S/C19H20N2O4S/c1-12-16-9-4-5-10-17(16)25-18(12)13(2)20-19(22)14-7-6-8-15(11-14)21-26(3,23)24/h4-11,13,21H,1-3H3,(H,20,22). The number of para-hydroxylation sites is 1. The molecular formula is C19H20N2O4S. The number of hydrogen-bond donors (Lipinski definition) is 2. The van der Waals surface area contributed by atoms with E-state index in [0.29, 0.717) is 17.0 Å². The van der Waals surface area contributed by atoms with E-state index in [1.807, 2.05) is 38.1 Å². The molecular weight excluding hydrogens is 352 g/mol. The van der Waals surface area contributed by atoms with Crippen LogP contribution in [0.15, 0.2) is 52.9 Å². The molecule has 3 rings (SSSR count). The molecule has 0 aliphatic carbocycles. The fourth-order valence-electron chi connectivity index (χ4n) is 2.89. The van der Waals surface area contributed by atoms with E-state index in [1.165, 1.54) is 6.07 Å². The molecule has 0 radical (unpaired) electrons. The molecule has 1 amide bonds. The Labute approximate surface area is 152 Å². The largest absolute Gasteiger partial charge is 0.459 e. The van der Waals surface area contributed by atoms with Gasteiger partial charge in [0.15, 0.2) is 0 Å². The number of benzene rings is 2. The number of amides is 1. The van der Waals surface area contributed by atoms with Crippen LogP contribution in [0.25, 0.3) is 11.0 Å². The SMILES string of the molecule is Cc1c(C(C)NC(=O)c2cccc(NS(C)(=O)=O)c2)oc2ccccc12. The third kappa shape index (κ3) is 3.88. The van der Waals surface area contributed by atoms with Crippen LogP contribution in [0.4, 0.5) is 5.69 Å². The number of sulfonamides is 1. The van der Waals surface area contributed by atoms with E-state index in [4.69, 9.17) is 4.42 Å². The van der Waals surface area contributed by atoms with Crippen molar-refractivity contribution >= 4 is 32.6 Å². The van der Waals surface area contributed by atoms with Crippen LogP contribution < -0.4 is 10.0 Å². The Bertz CT molecular complexity index is 1070. The maximum atomic E-state index is 12.5. The van der Waals surface area contributed by atoms with Crippen molar-refractivity contribution in [1.29, 1.82) is 0 Å². The summed E-state index contributed by atoms with van der Waals surface area (Å²) in [7, 11) is -3.40. The molecule has 2 aromatic carbocycles. The van der Waals surface area contributed by atoms with E-state index in [2.05, 4.69) is 10.0 Å². The molecule has 0 aliphatic rings. The van der Waals surface area contributed by atoms with Gasteiger partial charge in [-0.1, -0.05) is 24.3 Å². The van der Waals surface area contributed by atoms with E-state index in [-0.39, 0.29) is 11.9 Å². The summed E-state index contributed by atoms with van der Waals surface area (Å²) in [5, 5.41) is 3.91. The van der Waals surface area contributed by atoms with E-state index in [1.54, 1.807) is 18.2 Å². The van der Waals surface area contributed by atoms with Gasteiger partial charge in [0.05, 0.1) is 12.3 Å². The number of rotatable bonds is 5. The summed E-state index contributed by atoms with van der Waals surface area (Å²) in [6.07, 6.45) is 1.06. The highest BCUT2D eigenvalue weighted by Crippen LogP contribution is 2.29. The molecule has 7 heteroatoms. The second-order valence-corrected chi connectivity index (χ2v) is 7.99. The fourth-order valence-corrected chi connectivity index (χ4v) is 3.44. The third-order valence-electron chi connectivity index (χ3n) is 4.05. The summed E-state index contributed by atoms with van der Waals surface area (Å²) in [6, 6.07) is 13.7. The minimum Gasteiger partial charge on any atom is -0.459 e. The van der Waals surface area contributed by atoms with Gasteiger partial charge in [-0.3, -0.25) is 9.52 Å². The highest BCUT2D eigenvalue weighted by Gasteiger charge is 2.19. The zero-order chi connectivity index (χ0) is 18.9. The summed E-state index contributed by atoms with van der Waals surface area (Å²) in [4.78, 5) is 12.5. The number of carbonyl (C=O) groups excluding carboxylic acids is 1. The van der Waals surface area contributed by atoms with Crippen molar-refractivity contribution in [1.82, 2.24) is 5.32 Å². The maximum Gasteiger partial charge on any atom is 0.251 e. The first-order valence-corrected chi connectivity index (χ1v) is 10.0. The molecule has 6 nitrogen and oxygen atoms in total. The quantitative estimate of drug-likeness (QED) is 0.716. The molecule has 136 valence electrons. The maximum absolute atomic E-state index is 12.5. The Hall–Kier alpha value is -2.80. The van der Waals surface area contributed by atoms with E-state index in [0.717, 1.165) is 22.8 Å². The molecule has 1 atom stereocenters. The Morgan fingerprint density at radius 2 is 1.85 bits per heavy atom. The summed E-state index contributed by atoms with van der Waals surface area (Å²) >= 11 is 0. The van der Waals surface area contributed by atoms with Gasteiger partial charge in [0, 0.05) is 22.2 Å². The normalized spacial score (nSPS) is 12.7. The number of hydrogen-bond acceptors (Lipinski definition) is 4. The summed E-state index contributed by atoms with van der Waals surface area (Å²) < 4.78 is 30.9. The lowest BCUT2D eigenvalue weighted by molar-refractivity contribution is 0.0935. The highest BCUT2D eigenvalue weighted by atomic mass is 32.2. The van der Waals surface area contributed by atoms with Crippen LogP contribution in [0.2, 0.25) is 0 Å². The van der Waals surface area contributed by atoms with Crippen LogP contribution in [-0.2, 0) is 10.0 Å². The first-order valence-electron chi connectivity index (χ1n) is 8.11. The van der Waals surface area contributed by atoms with Crippen molar-refractivity contribution in [3.05, 3.63) is 65.4 Å². The van der Waals surface area contributed by atoms with Gasteiger partial charge < -0.3 is 9.73 Å². The van der Waals surface area contributed by atoms with Gasteiger partial charge in [-0.25, -0.2) is 8.42 Å². The predicted molar refractivity (Wildman–Crippen MR) is 102 cm³/mol. The molecule has 1 aromatic heterocycles. The minimum absolute atomic E-state index is 0.311. The Morgan fingerprint density at radius 1 is 1.12 bits per heavy atom. The molecule has 1 unspecified atom stereocenters. The minimum atomic E-state index is -3.40. The molecule has 0 saturated heterocycles. The first-order chi connectivity index (χ1) is 12.2. The smallest absolute Gasteiger partial charge is 0.251 e. The lowest BCUT2D eigenvalue weighted by atomic mass is 10.1. The number of nitrogens with one attached hydrogen (secondary N) is 2. The van der Waals surface area contributed by atoms with Gasteiger partial charge in [0.1, 0.15) is 11.3 Å². The van der Waals surface area contributed by atoms with Crippen LogP contribution in [0.1, 0.15) is 34.6 Å². The van der Waals surface area contributed by atoms with Crippen molar-refractivity contribution in [3.8, 4) is 0 Å². The summed E-state index contributed by atoms with van der Waals surface area (Å²) in [6.45, 7) is 3.81. The third-order valence-corrected chi connectivity index (χ3v) is 4.66. The zero-order valence-electron chi connectivity index (χ0n) is 14.7. The average Bonchev–Trinajstić information content (AvgIpc) is 2.91. The predicted octanol–water partition coefficient (Wildman–Crippen LogP) is 3.60. The zero-order valence-corrected chi connectivity index (χ0v) is 15.6. The first kappa shape index (κ1) is 18.0. The number of anilines is 1. The van der Waals surface area contributed by atoms with Crippen molar-refractivity contribution < 1.29 is 17.6 Å². The number of aryl methyl sites for hydroxylation is 1. The molecule has 3 aromatic rings. The van der Waals surface area contributed by atoms with E-state index >= 15 is 0 Å². The van der Waals surface area contributed by atoms with Crippen molar-refractivity contribution in [2.75, 3.05) is 11.0 Å². The van der Waals surface area contributed by atoms with Gasteiger partial charge >= 0.3 is 0 Å². The summed E-state index contributed by atoms with van der Waals surface area (Å²) in [5.74, 6) is 0.388. The van der Waals surface area contributed by atoms with Crippen LogP contribution in [0, 0.1) is 6.92 Å².